The topological polar surface area (TPSA) is 125 Å². The lowest BCUT2D eigenvalue weighted by atomic mass is 10.0. The lowest BCUT2D eigenvalue weighted by molar-refractivity contribution is -0.142. The molecule has 9 nitrogen and oxygen atoms in total. The number of aliphatic carboxylic acids is 1. The Morgan fingerprint density at radius 2 is 1.66 bits per heavy atom. The Hall–Kier alpha value is -3.31. The highest BCUT2D eigenvalue weighted by Gasteiger charge is 2.30. The number of carbonyl (C=O) groups excluding carboxylic acids is 3. The molecule has 38 heavy (non-hydrogen) atoms. The quantitative estimate of drug-likeness (QED) is 0.344. The number of amides is 3. The highest BCUT2D eigenvalue weighted by Crippen LogP contribution is 2.29. The van der Waals surface area contributed by atoms with Crippen molar-refractivity contribution in [3.8, 4) is 0 Å². The Labute approximate surface area is 221 Å². The number of rotatable bonds is 13. The zero-order valence-corrected chi connectivity index (χ0v) is 22.5. The molecule has 1 rings (SSSR count). The molecule has 0 saturated heterocycles. The average Bonchev–Trinajstić information content (AvgIpc) is 2.79. The molecule has 0 heterocycles. The standard InChI is InChI=1S/C26H38F3N3O6/c1-6-14-32(15-13-30-24(37)38-25(3,4)5)21(33)12-7-17(2)22(34)31-20(23(35)36)16-18-8-10-19(11-9-18)26(27,28)29/h8-11,17,20H,6-7,12-16H2,1-5H3,(H,30,37)(H,31,34)(H,35,36)/t17-,20+/m0/s1. The van der Waals surface area contributed by atoms with Crippen molar-refractivity contribution >= 4 is 23.9 Å². The number of ether oxygens (including phenoxy) is 1. The van der Waals surface area contributed by atoms with Crippen LogP contribution in [0.1, 0.15) is 65.0 Å². The number of alkyl carbamates (subject to hydrolysis) is 1. The van der Waals surface area contributed by atoms with Gasteiger partial charge < -0.3 is 25.4 Å². The fourth-order valence-electron chi connectivity index (χ4n) is 3.45. The SMILES string of the molecule is CCCN(CCNC(=O)OC(C)(C)C)C(=O)CC[C@H](C)C(=O)N[C@H](Cc1ccc(C(F)(F)F)cc1)C(=O)O. The van der Waals surface area contributed by atoms with Crippen LogP contribution >= 0.6 is 0 Å². The Balaban J connectivity index is 2.61. The Morgan fingerprint density at radius 1 is 1.05 bits per heavy atom. The number of alkyl halides is 3. The van der Waals surface area contributed by atoms with Crippen molar-refractivity contribution in [3.05, 3.63) is 35.4 Å². The van der Waals surface area contributed by atoms with E-state index in [1.165, 1.54) is 12.1 Å². The van der Waals surface area contributed by atoms with Crippen LogP contribution in [0.5, 0.6) is 0 Å². The van der Waals surface area contributed by atoms with Gasteiger partial charge in [-0.15, -0.1) is 0 Å². The van der Waals surface area contributed by atoms with E-state index in [0.717, 1.165) is 12.1 Å². The van der Waals surface area contributed by atoms with E-state index in [-0.39, 0.29) is 38.3 Å². The van der Waals surface area contributed by atoms with Gasteiger partial charge in [-0.3, -0.25) is 9.59 Å². The van der Waals surface area contributed by atoms with Crippen molar-refractivity contribution in [2.75, 3.05) is 19.6 Å². The van der Waals surface area contributed by atoms with E-state index in [0.29, 0.717) is 18.5 Å². The lowest BCUT2D eigenvalue weighted by Crippen LogP contribution is -2.45. The summed E-state index contributed by atoms with van der Waals surface area (Å²) in [5.41, 5.74) is -1.17. The van der Waals surface area contributed by atoms with Crippen LogP contribution in [0.15, 0.2) is 24.3 Å². The number of hydrogen-bond acceptors (Lipinski definition) is 5. The maximum Gasteiger partial charge on any atom is 0.416 e. The third-order valence-electron chi connectivity index (χ3n) is 5.47. The van der Waals surface area contributed by atoms with Crippen molar-refractivity contribution < 1.29 is 42.2 Å². The van der Waals surface area contributed by atoms with Crippen molar-refractivity contribution in [2.45, 2.75) is 78.1 Å². The predicted octanol–water partition coefficient (Wildman–Crippen LogP) is 4.00. The lowest BCUT2D eigenvalue weighted by Gasteiger charge is -2.24. The van der Waals surface area contributed by atoms with E-state index in [9.17, 15) is 37.5 Å². The van der Waals surface area contributed by atoms with E-state index in [2.05, 4.69) is 10.6 Å². The van der Waals surface area contributed by atoms with Crippen LogP contribution in [0.3, 0.4) is 0 Å². The highest BCUT2D eigenvalue weighted by molar-refractivity contribution is 5.85. The van der Waals surface area contributed by atoms with Gasteiger partial charge in [0.05, 0.1) is 5.56 Å². The molecule has 0 aliphatic heterocycles. The maximum atomic E-state index is 12.7. The van der Waals surface area contributed by atoms with Crippen LogP contribution in [0, 0.1) is 5.92 Å². The number of carbonyl (C=O) groups is 4. The molecule has 0 aliphatic carbocycles. The summed E-state index contributed by atoms with van der Waals surface area (Å²) in [5.74, 6) is -2.80. The Bertz CT molecular complexity index is 945. The minimum absolute atomic E-state index is 0.0394. The van der Waals surface area contributed by atoms with Gasteiger partial charge in [0.1, 0.15) is 11.6 Å². The fraction of sp³-hybridized carbons (Fsp3) is 0.615. The third kappa shape index (κ3) is 12.3. The molecule has 0 unspecified atom stereocenters. The van der Waals surface area contributed by atoms with Gasteiger partial charge in [0.2, 0.25) is 11.8 Å². The maximum absolute atomic E-state index is 12.7. The minimum atomic E-state index is -4.51. The van der Waals surface area contributed by atoms with E-state index in [1.807, 2.05) is 6.92 Å². The summed E-state index contributed by atoms with van der Waals surface area (Å²) >= 11 is 0. The second-order valence-electron chi connectivity index (χ2n) is 10.0. The van der Waals surface area contributed by atoms with Crippen molar-refractivity contribution in [3.63, 3.8) is 0 Å². The van der Waals surface area contributed by atoms with E-state index in [1.54, 1.807) is 32.6 Å². The summed E-state index contributed by atoms with van der Waals surface area (Å²) in [6, 6.07) is 2.72. The number of benzene rings is 1. The molecular weight excluding hydrogens is 507 g/mol. The zero-order chi connectivity index (χ0) is 29.1. The molecule has 214 valence electrons. The summed E-state index contributed by atoms with van der Waals surface area (Å²) in [5, 5.41) is 14.5. The smallest absolute Gasteiger partial charge is 0.416 e. The van der Waals surface area contributed by atoms with Gasteiger partial charge in [0.25, 0.3) is 0 Å². The fourth-order valence-corrected chi connectivity index (χ4v) is 3.45. The molecular formula is C26H38F3N3O6. The van der Waals surface area contributed by atoms with Crippen molar-refractivity contribution in [2.24, 2.45) is 5.92 Å². The van der Waals surface area contributed by atoms with Gasteiger partial charge in [-0.05, 0) is 51.3 Å². The second-order valence-corrected chi connectivity index (χ2v) is 10.0. The second kappa shape index (κ2) is 14.6. The first kappa shape index (κ1) is 32.7. The van der Waals surface area contributed by atoms with Gasteiger partial charge in [-0.2, -0.15) is 13.2 Å². The van der Waals surface area contributed by atoms with Gasteiger partial charge in [0, 0.05) is 38.4 Å². The molecule has 1 aromatic carbocycles. The minimum Gasteiger partial charge on any atom is -0.480 e. The first-order chi connectivity index (χ1) is 17.5. The molecule has 3 amide bonds. The van der Waals surface area contributed by atoms with Gasteiger partial charge in [-0.1, -0.05) is 26.0 Å². The normalized spacial score (nSPS) is 13.3. The molecule has 12 heteroatoms. The molecule has 0 bridgehead atoms. The van der Waals surface area contributed by atoms with Crippen LogP contribution in [-0.4, -0.2) is 65.2 Å². The number of halogens is 3. The molecule has 0 aliphatic rings. The van der Waals surface area contributed by atoms with E-state index < -0.39 is 47.3 Å². The Morgan fingerprint density at radius 3 is 2.16 bits per heavy atom. The summed E-state index contributed by atoms with van der Waals surface area (Å²) in [6.07, 6.45) is -4.39. The van der Waals surface area contributed by atoms with Crippen molar-refractivity contribution in [1.29, 1.82) is 0 Å². The predicted molar refractivity (Wildman–Crippen MR) is 134 cm³/mol. The first-order valence-electron chi connectivity index (χ1n) is 12.5. The molecule has 1 aromatic rings. The number of carboxylic acids is 1. The molecule has 2 atom stereocenters. The summed E-state index contributed by atoms with van der Waals surface area (Å²) in [4.78, 5) is 50.3. The average molecular weight is 546 g/mol. The van der Waals surface area contributed by atoms with Crippen LogP contribution in [0.2, 0.25) is 0 Å². The molecule has 0 aromatic heterocycles. The van der Waals surface area contributed by atoms with Crippen LogP contribution in [0.25, 0.3) is 0 Å². The molecule has 3 N–H and O–H groups in total. The molecule has 0 fully saturated rings. The summed E-state index contributed by atoms with van der Waals surface area (Å²) < 4.78 is 43.4. The Kier molecular flexibility index (Phi) is 12.6. The number of nitrogens with one attached hydrogen (secondary N) is 2. The summed E-state index contributed by atoms with van der Waals surface area (Å²) in [7, 11) is 0. The van der Waals surface area contributed by atoms with Crippen LogP contribution in [-0.2, 0) is 31.7 Å². The van der Waals surface area contributed by atoms with Crippen molar-refractivity contribution in [1.82, 2.24) is 15.5 Å². The molecule has 0 radical (unpaired) electrons. The van der Waals surface area contributed by atoms with E-state index in [4.69, 9.17) is 4.74 Å². The monoisotopic (exact) mass is 545 g/mol. The zero-order valence-electron chi connectivity index (χ0n) is 22.5. The number of nitrogens with zero attached hydrogens (tertiary/aromatic N) is 1. The third-order valence-corrected chi connectivity index (χ3v) is 5.47. The molecule has 0 spiro atoms. The number of carboxylic acid groups (broad SMARTS) is 1. The largest absolute Gasteiger partial charge is 0.480 e. The number of hydrogen-bond donors (Lipinski definition) is 3. The van der Waals surface area contributed by atoms with Gasteiger partial charge in [-0.25, -0.2) is 9.59 Å². The van der Waals surface area contributed by atoms with Gasteiger partial charge in [0.15, 0.2) is 0 Å². The van der Waals surface area contributed by atoms with Crippen LogP contribution in [0.4, 0.5) is 18.0 Å². The highest BCUT2D eigenvalue weighted by atomic mass is 19.4. The first-order valence-corrected chi connectivity index (χ1v) is 12.5. The summed E-state index contributed by atoms with van der Waals surface area (Å²) in [6.45, 7) is 9.61. The van der Waals surface area contributed by atoms with E-state index >= 15 is 0 Å². The van der Waals surface area contributed by atoms with Gasteiger partial charge >= 0.3 is 18.2 Å². The molecule has 0 saturated carbocycles. The van der Waals surface area contributed by atoms with Crippen LogP contribution < -0.4 is 10.6 Å².